The SMILES string of the molecule is CCC1NN=C(c2ccccc2)C(C)N1O. The van der Waals surface area contributed by atoms with Crippen molar-refractivity contribution in [2.24, 2.45) is 5.10 Å². The standard InChI is InChI=1S/C12H17N3O/c1-3-11-13-14-12(9(2)15(11)16)10-7-5-4-6-8-10/h4-9,11,13,16H,3H2,1-2H3. The van der Waals surface area contributed by atoms with E-state index in [4.69, 9.17) is 0 Å². The van der Waals surface area contributed by atoms with Crippen LogP contribution in [0.25, 0.3) is 0 Å². The molecule has 1 aliphatic rings. The third-order valence-electron chi connectivity index (χ3n) is 2.90. The van der Waals surface area contributed by atoms with E-state index in [9.17, 15) is 5.21 Å². The van der Waals surface area contributed by atoms with E-state index >= 15 is 0 Å². The maximum absolute atomic E-state index is 9.96. The molecule has 1 aliphatic heterocycles. The van der Waals surface area contributed by atoms with Gasteiger partial charge in [0.05, 0.1) is 11.8 Å². The summed E-state index contributed by atoms with van der Waals surface area (Å²) in [5.41, 5.74) is 4.87. The third-order valence-corrected chi connectivity index (χ3v) is 2.90. The van der Waals surface area contributed by atoms with Gasteiger partial charge < -0.3 is 5.21 Å². The predicted octanol–water partition coefficient (Wildman–Crippen LogP) is 1.81. The normalized spacial score (nSPS) is 26.1. The summed E-state index contributed by atoms with van der Waals surface area (Å²) in [5, 5.41) is 15.6. The molecule has 1 aromatic rings. The van der Waals surface area contributed by atoms with Crippen molar-refractivity contribution in [3.8, 4) is 0 Å². The zero-order valence-electron chi connectivity index (χ0n) is 9.59. The third kappa shape index (κ3) is 1.94. The molecule has 0 radical (unpaired) electrons. The van der Waals surface area contributed by atoms with Gasteiger partial charge in [-0.2, -0.15) is 10.2 Å². The van der Waals surface area contributed by atoms with Crippen molar-refractivity contribution < 1.29 is 5.21 Å². The summed E-state index contributed by atoms with van der Waals surface area (Å²) in [6.07, 6.45) is 0.717. The molecule has 86 valence electrons. The Labute approximate surface area is 95.5 Å². The van der Waals surface area contributed by atoms with Gasteiger partial charge in [0.1, 0.15) is 6.17 Å². The Morgan fingerprint density at radius 2 is 2.06 bits per heavy atom. The first-order chi connectivity index (χ1) is 7.74. The molecule has 16 heavy (non-hydrogen) atoms. The lowest BCUT2D eigenvalue weighted by atomic mass is 10.0. The average molecular weight is 219 g/mol. The molecule has 2 atom stereocenters. The van der Waals surface area contributed by atoms with Crippen molar-refractivity contribution in [3.05, 3.63) is 35.9 Å². The predicted molar refractivity (Wildman–Crippen MR) is 63.3 cm³/mol. The highest BCUT2D eigenvalue weighted by Gasteiger charge is 2.29. The van der Waals surface area contributed by atoms with Crippen LogP contribution in [0.1, 0.15) is 25.8 Å². The monoisotopic (exact) mass is 219 g/mol. The number of hydrogen-bond acceptors (Lipinski definition) is 4. The summed E-state index contributed by atoms with van der Waals surface area (Å²) in [6, 6.07) is 9.81. The minimum atomic E-state index is -0.0949. The molecule has 0 aromatic heterocycles. The summed E-state index contributed by atoms with van der Waals surface area (Å²) in [7, 11) is 0. The van der Waals surface area contributed by atoms with Crippen LogP contribution in [0.15, 0.2) is 35.4 Å². The Morgan fingerprint density at radius 3 is 2.69 bits per heavy atom. The van der Waals surface area contributed by atoms with E-state index in [1.165, 1.54) is 5.06 Å². The van der Waals surface area contributed by atoms with Gasteiger partial charge in [0.2, 0.25) is 0 Å². The van der Waals surface area contributed by atoms with Gasteiger partial charge >= 0.3 is 0 Å². The first-order valence-electron chi connectivity index (χ1n) is 5.59. The maximum atomic E-state index is 9.96. The minimum Gasteiger partial charge on any atom is -0.311 e. The van der Waals surface area contributed by atoms with Crippen LogP contribution in [0.3, 0.4) is 0 Å². The van der Waals surface area contributed by atoms with Gasteiger partial charge in [0, 0.05) is 0 Å². The first-order valence-corrected chi connectivity index (χ1v) is 5.59. The Balaban J connectivity index is 2.27. The first kappa shape index (κ1) is 11.1. The van der Waals surface area contributed by atoms with E-state index in [1.54, 1.807) is 0 Å². The summed E-state index contributed by atoms with van der Waals surface area (Å²) in [5.74, 6) is 0. The summed E-state index contributed by atoms with van der Waals surface area (Å²) >= 11 is 0. The van der Waals surface area contributed by atoms with Gasteiger partial charge in [-0.05, 0) is 18.9 Å². The van der Waals surface area contributed by atoms with Crippen molar-refractivity contribution in [1.82, 2.24) is 10.5 Å². The molecule has 0 bridgehead atoms. The van der Waals surface area contributed by atoms with Crippen LogP contribution in [0.5, 0.6) is 0 Å². The van der Waals surface area contributed by atoms with Crippen LogP contribution in [-0.4, -0.2) is 28.2 Å². The molecule has 0 saturated heterocycles. The lowest BCUT2D eigenvalue weighted by Gasteiger charge is -2.35. The van der Waals surface area contributed by atoms with E-state index in [-0.39, 0.29) is 12.2 Å². The van der Waals surface area contributed by atoms with Gasteiger partial charge in [0.25, 0.3) is 0 Å². The number of rotatable bonds is 2. The van der Waals surface area contributed by atoms with E-state index in [0.29, 0.717) is 0 Å². The van der Waals surface area contributed by atoms with Crippen molar-refractivity contribution in [1.29, 1.82) is 0 Å². The highest BCUT2D eigenvalue weighted by atomic mass is 16.5. The molecular formula is C12H17N3O. The molecule has 2 unspecified atom stereocenters. The van der Waals surface area contributed by atoms with E-state index in [0.717, 1.165) is 17.7 Å². The lowest BCUT2D eigenvalue weighted by Crippen LogP contribution is -2.53. The van der Waals surface area contributed by atoms with Crippen molar-refractivity contribution >= 4 is 5.71 Å². The van der Waals surface area contributed by atoms with Crippen LogP contribution in [-0.2, 0) is 0 Å². The molecule has 0 fully saturated rings. The van der Waals surface area contributed by atoms with Crippen LogP contribution < -0.4 is 5.43 Å². The van der Waals surface area contributed by atoms with Crippen molar-refractivity contribution in [2.75, 3.05) is 0 Å². The highest BCUT2D eigenvalue weighted by Crippen LogP contribution is 2.15. The second-order valence-electron chi connectivity index (χ2n) is 3.97. The van der Waals surface area contributed by atoms with Gasteiger partial charge in [-0.15, -0.1) is 0 Å². The Morgan fingerprint density at radius 1 is 1.38 bits per heavy atom. The van der Waals surface area contributed by atoms with Crippen LogP contribution >= 0.6 is 0 Å². The number of hydrazone groups is 1. The average Bonchev–Trinajstić information content (AvgIpc) is 2.34. The van der Waals surface area contributed by atoms with Crippen LogP contribution in [0, 0.1) is 0 Å². The summed E-state index contributed by atoms with van der Waals surface area (Å²) in [4.78, 5) is 0. The second kappa shape index (κ2) is 4.63. The Kier molecular flexibility index (Phi) is 3.22. The van der Waals surface area contributed by atoms with Crippen molar-refractivity contribution in [2.45, 2.75) is 32.5 Å². The number of hydrogen-bond donors (Lipinski definition) is 2. The van der Waals surface area contributed by atoms with Gasteiger partial charge in [-0.1, -0.05) is 37.3 Å². The smallest absolute Gasteiger partial charge is 0.119 e. The molecular weight excluding hydrogens is 202 g/mol. The van der Waals surface area contributed by atoms with Crippen LogP contribution in [0.2, 0.25) is 0 Å². The molecule has 0 saturated carbocycles. The molecule has 0 aliphatic carbocycles. The van der Waals surface area contributed by atoms with E-state index < -0.39 is 0 Å². The summed E-state index contributed by atoms with van der Waals surface area (Å²) in [6.45, 7) is 3.96. The fourth-order valence-electron chi connectivity index (χ4n) is 1.88. The Hall–Kier alpha value is -1.39. The Bertz CT molecular complexity index is 377. The fraction of sp³-hybridized carbons (Fsp3) is 0.417. The quantitative estimate of drug-likeness (QED) is 0.797. The largest absolute Gasteiger partial charge is 0.311 e. The van der Waals surface area contributed by atoms with Crippen LogP contribution in [0.4, 0.5) is 0 Å². The minimum absolute atomic E-state index is 0.0893. The maximum Gasteiger partial charge on any atom is 0.119 e. The number of nitrogens with one attached hydrogen (secondary N) is 1. The molecule has 4 nitrogen and oxygen atoms in total. The number of nitrogens with zero attached hydrogens (tertiary/aromatic N) is 2. The lowest BCUT2D eigenvalue weighted by molar-refractivity contribution is -0.153. The molecule has 2 N–H and O–H groups in total. The molecule has 0 spiro atoms. The molecule has 2 rings (SSSR count). The summed E-state index contributed by atoms with van der Waals surface area (Å²) < 4.78 is 0. The molecule has 4 heteroatoms. The van der Waals surface area contributed by atoms with Gasteiger partial charge in [-0.25, -0.2) is 0 Å². The van der Waals surface area contributed by atoms with Gasteiger partial charge in [0.15, 0.2) is 0 Å². The number of benzene rings is 1. The van der Waals surface area contributed by atoms with Crippen molar-refractivity contribution in [3.63, 3.8) is 0 Å². The zero-order valence-corrected chi connectivity index (χ0v) is 9.59. The highest BCUT2D eigenvalue weighted by molar-refractivity contribution is 6.04. The fourth-order valence-corrected chi connectivity index (χ4v) is 1.88. The van der Waals surface area contributed by atoms with E-state index in [1.807, 2.05) is 44.2 Å². The second-order valence-corrected chi connectivity index (χ2v) is 3.97. The van der Waals surface area contributed by atoms with E-state index in [2.05, 4.69) is 10.5 Å². The number of hydroxylamine groups is 2. The topological polar surface area (TPSA) is 47.9 Å². The zero-order chi connectivity index (χ0) is 11.5. The molecule has 1 heterocycles. The molecule has 1 aromatic carbocycles. The van der Waals surface area contributed by atoms with Gasteiger partial charge in [-0.3, -0.25) is 5.43 Å². The molecule has 0 amide bonds.